The van der Waals surface area contributed by atoms with Gasteiger partial charge in [-0.05, 0) is 43.0 Å². The standard InChI is InChI=1S/C19H23FN4O/c20-16-5-1-14(2-6-16)11-23-12-17(24-18(13-23)8-10-22-24)7-9-21-19(25)15-3-4-15/h1-2,5-6,8,10,15,17H,3-4,7,9,11-13H2,(H,21,25)/t17-/m0/s1. The molecule has 0 spiro atoms. The number of halogens is 1. The van der Waals surface area contributed by atoms with Crippen molar-refractivity contribution in [2.75, 3.05) is 13.1 Å². The van der Waals surface area contributed by atoms with Gasteiger partial charge >= 0.3 is 0 Å². The Kier molecular flexibility index (Phi) is 4.53. The Morgan fingerprint density at radius 1 is 1.24 bits per heavy atom. The van der Waals surface area contributed by atoms with Crippen molar-refractivity contribution in [1.29, 1.82) is 0 Å². The summed E-state index contributed by atoms with van der Waals surface area (Å²) in [6.45, 7) is 3.19. The SMILES string of the molecule is O=C(NCC[C@H]1CN(Cc2ccc(F)cc2)Cc2ccnn21)C1CC1. The van der Waals surface area contributed by atoms with Crippen molar-refractivity contribution in [3.8, 4) is 0 Å². The molecule has 25 heavy (non-hydrogen) atoms. The zero-order chi connectivity index (χ0) is 17.2. The summed E-state index contributed by atoms with van der Waals surface area (Å²) in [5.74, 6) is 0.242. The Bertz CT molecular complexity index is 738. The minimum Gasteiger partial charge on any atom is -0.356 e. The maximum absolute atomic E-state index is 13.1. The molecule has 0 bridgehead atoms. The Balaban J connectivity index is 1.38. The largest absolute Gasteiger partial charge is 0.356 e. The average Bonchev–Trinajstić information content (AvgIpc) is 3.35. The lowest BCUT2D eigenvalue weighted by atomic mass is 10.1. The lowest BCUT2D eigenvalue weighted by Crippen LogP contribution is -2.39. The second-order valence-corrected chi connectivity index (χ2v) is 7.07. The first-order valence-corrected chi connectivity index (χ1v) is 8.96. The average molecular weight is 342 g/mol. The van der Waals surface area contributed by atoms with E-state index in [0.717, 1.165) is 44.5 Å². The molecule has 0 radical (unpaired) electrons. The van der Waals surface area contributed by atoms with E-state index in [4.69, 9.17) is 0 Å². The van der Waals surface area contributed by atoms with E-state index in [0.29, 0.717) is 6.54 Å². The fourth-order valence-corrected chi connectivity index (χ4v) is 3.50. The lowest BCUT2D eigenvalue weighted by Gasteiger charge is -2.34. The molecule has 2 aromatic rings. The molecule has 6 heteroatoms. The molecule has 0 saturated heterocycles. The predicted molar refractivity (Wildman–Crippen MR) is 92.1 cm³/mol. The van der Waals surface area contributed by atoms with Gasteiger partial charge in [0.15, 0.2) is 0 Å². The van der Waals surface area contributed by atoms with E-state index in [9.17, 15) is 9.18 Å². The second kappa shape index (κ2) is 6.96. The predicted octanol–water partition coefficient (Wildman–Crippen LogP) is 2.50. The normalized spacial score (nSPS) is 20.3. The topological polar surface area (TPSA) is 50.2 Å². The van der Waals surface area contributed by atoms with Gasteiger partial charge in [-0.15, -0.1) is 0 Å². The Hall–Kier alpha value is -2.21. The molecule has 4 rings (SSSR count). The number of amides is 1. The molecule has 2 heterocycles. The van der Waals surface area contributed by atoms with Crippen LogP contribution >= 0.6 is 0 Å². The smallest absolute Gasteiger partial charge is 0.223 e. The van der Waals surface area contributed by atoms with Crippen LogP contribution in [0.1, 0.15) is 36.6 Å². The van der Waals surface area contributed by atoms with Crippen LogP contribution in [0, 0.1) is 11.7 Å². The van der Waals surface area contributed by atoms with Crippen molar-refractivity contribution < 1.29 is 9.18 Å². The van der Waals surface area contributed by atoms with Gasteiger partial charge in [-0.3, -0.25) is 14.4 Å². The van der Waals surface area contributed by atoms with Crippen LogP contribution in [0.3, 0.4) is 0 Å². The van der Waals surface area contributed by atoms with Gasteiger partial charge in [0.05, 0.1) is 11.7 Å². The number of nitrogens with zero attached hydrogens (tertiary/aromatic N) is 3. The van der Waals surface area contributed by atoms with Crippen LogP contribution in [0.2, 0.25) is 0 Å². The maximum atomic E-state index is 13.1. The summed E-state index contributed by atoms with van der Waals surface area (Å²) in [5.41, 5.74) is 2.29. The zero-order valence-electron chi connectivity index (χ0n) is 14.2. The van der Waals surface area contributed by atoms with Crippen molar-refractivity contribution in [3.63, 3.8) is 0 Å². The molecule has 1 aromatic carbocycles. The van der Waals surface area contributed by atoms with Gasteiger partial charge in [0.2, 0.25) is 5.91 Å². The number of benzene rings is 1. The monoisotopic (exact) mass is 342 g/mol. The number of hydrogen-bond donors (Lipinski definition) is 1. The first kappa shape index (κ1) is 16.3. The molecular weight excluding hydrogens is 319 g/mol. The molecule has 1 N–H and O–H groups in total. The first-order valence-electron chi connectivity index (χ1n) is 8.96. The van der Waals surface area contributed by atoms with Gasteiger partial charge in [-0.25, -0.2) is 4.39 Å². The van der Waals surface area contributed by atoms with E-state index in [2.05, 4.69) is 20.0 Å². The minimum atomic E-state index is -0.204. The number of nitrogens with one attached hydrogen (secondary N) is 1. The van der Waals surface area contributed by atoms with Crippen molar-refractivity contribution in [2.24, 2.45) is 5.92 Å². The number of rotatable bonds is 6. The number of aromatic nitrogens is 2. The van der Waals surface area contributed by atoms with Gasteiger partial charge in [0.25, 0.3) is 0 Å². The van der Waals surface area contributed by atoms with Crippen molar-refractivity contribution in [3.05, 3.63) is 53.6 Å². The molecule has 5 nitrogen and oxygen atoms in total. The van der Waals surface area contributed by atoms with Crippen LogP contribution in [0.4, 0.5) is 4.39 Å². The highest BCUT2D eigenvalue weighted by molar-refractivity contribution is 5.80. The molecule has 1 atom stereocenters. The van der Waals surface area contributed by atoms with Crippen LogP contribution in [-0.4, -0.2) is 33.7 Å². The molecule has 1 aromatic heterocycles. The summed E-state index contributed by atoms with van der Waals surface area (Å²) in [4.78, 5) is 14.2. The highest BCUT2D eigenvalue weighted by Gasteiger charge is 2.30. The third-order valence-electron chi connectivity index (χ3n) is 5.00. The molecule has 132 valence electrons. The lowest BCUT2D eigenvalue weighted by molar-refractivity contribution is -0.122. The van der Waals surface area contributed by atoms with E-state index < -0.39 is 0 Å². The number of fused-ring (bicyclic) bond motifs is 1. The van der Waals surface area contributed by atoms with Crippen LogP contribution in [-0.2, 0) is 17.9 Å². The van der Waals surface area contributed by atoms with Gasteiger partial charge < -0.3 is 5.32 Å². The Morgan fingerprint density at radius 3 is 2.80 bits per heavy atom. The van der Waals surface area contributed by atoms with Crippen LogP contribution in [0.15, 0.2) is 36.5 Å². The summed E-state index contributed by atoms with van der Waals surface area (Å²) in [5, 5.41) is 7.51. The third kappa shape index (κ3) is 3.90. The number of carbonyl (C=O) groups is 1. The molecule has 1 fully saturated rings. The van der Waals surface area contributed by atoms with Crippen molar-refractivity contribution in [2.45, 2.75) is 38.4 Å². The zero-order valence-corrected chi connectivity index (χ0v) is 14.2. The summed E-state index contributed by atoms with van der Waals surface area (Å²) >= 11 is 0. The summed E-state index contributed by atoms with van der Waals surface area (Å²) < 4.78 is 15.2. The number of carbonyl (C=O) groups excluding carboxylic acids is 1. The van der Waals surface area contributed by atoms with Crippen LogP contribution in [0.5, 0.6) is 0 Å². The van der Waals surface area contributed by atoms with E-state index >= 15 is 0 Å². The summed E-state index contributed by atoms with van der Waals surface area (Å²) in [6.07, 6.45) is 4.77. The fourth-order valence-electron chi connectivity index (χ4n) is 3.50. The highest BCUT2D eigenvalue weighted by atomic mass is 19.1. The Labute approximate surface area is 146 Å². The summed E-state index contributed by atoms with van der Waals surface area (Å²) in [7, 11) is 0. The molecule has 2 aliphatic rings. The molecule has 0 unspecified atom stereocenters. The van der Waals surface area contributed by atoms with Crippen molar-refractivity contribution >= 4 is 5.91 Å². The van der Waals surface area contributed by atoms with Gasteiger partial charge in [-0.1, -0.05) is 12.1 Å². The minimum absolute atomic E-state index is 0.194. The van der Waals surface area contributed by atoms with Crippen LogP contribution < -0.4 is 5.32 Å². The highest BCUT2D eigenvalue weighted by Crippen LogP contribution is 2.29. The quantitative estimate of drug-likeness (QED) is 0.877. The van der Waals surface area contributed by atoms with E-state index in [-0.39, 0.29) is 23.7 Å². The van der Waals surface area contributed by atoms with Crippen molar-refractivity contribution in [1.82, 2.24) is 20.0 Å². The van der Waals surface area contributed by atoms with E-state index in [1.807, 2.05) is 24.4 Å². The number of hydrogen-bond acceptors (Lipinski definition) is 3. The van der Waals surface area contributed by atoms with Crippen LogP contribution in [0.25, 0.3) is 0 Å². The van der Waals surface area contributed by atoms with Gasteiger partial charge in [0, 0.05) is 38.3 Å². The fraction of sp³-hybridized carbons (Fsp3) is 0.474. The molecule has 1 aliphatic carbocycles. The van der Waals surface area contributed by atoms with E-state index in [1.54, 1.807) is 0 Å². The maximum Gasteiger partial charge on any atom is 0.223 e. The summed E-state index contributed by atoms with van der Waals surface area (Å²) in [6, 6.07) is 8.99. The Morgan fingerprint density at radius 2 is 2.04 bits per heavy atom. The van der Waals surface area contributed by atoms with Gasteiger partial charge in [0.1, 0.15) is 5.82 Å². The molecule has 1 saturated carbocycles. The molecular formula is C19H23FN4O. The second-order valence-electron chi connectivity index (χ2n) is 7.07. The molecule has 1 aliphatic heterocycles. The molecule has 1 amide bonds. The van der Waals surface area contributed by atoms with E-state index in [1.165, 1.54) is 17.8 Å². The first-order chi connectivity index (χ1) is 12.2. The third-order valence-corrected chi connectivity index (χ3v) is 5.00. The van der Waals surface area contributed by atoms with Gasteiger partial charge in [-0.2, -0.15) is 5.10 Å².